The van der Waals surface area contributed by atoms with Crippen molar-refractivity contribution in [2.75, 3.05) is 4.90 Å². The van der Waals surface area contributed by atoms with Gasteiger partial charge < -0.3 is 0 Å². The molecule has 2 aromatic carbocycles. The van der Waals surface area contributed by atoms with Crippen molar-refractivity contribution < 1.29 is 18.8 Å². The summed E-state index contributed by atoms with van der Waals surface area (Å²) in [5.41, 5.74) is 6.20. The van der Waals surface area contributed by atoms with E-state index in [-0.39, 0.29) is 12.0 Å². The lowest BCUT2D eigenvalue weighted by Crippen LogP contribution is -2.48. The SMILES string of the molecule is Cc1c(Cl)cccc1N1C(=O)CC(NNC(=O)c2ccc(F)cc2)C1=O. The zero-order valence-electron chi connectivity index (χ0n) is 13.8. The van der Waals surface area contributed by atoms with Crippen molar-refractivity contribution in [1.82, 2.24) is 10.9 Å². The van der Waals surface area contributed by atoms with Crippen LogP contribution in [0, 0.1) is 12.7 Å². The Labute approximate surface area is 153 Å². The van der Waals surface area contributed by atoms with Gasteiger partial charge in [0.05, 0.1) is 12.1 Å². The second-order valence-corrected chi connectivity index (χ2v) is 6.22. The van der Waals surface area contributed by atoms with Crippen molar-refractivity contribution in [2.24, 2.45) is 0 Å². The molecular weight excluding hydrogens is 361 g/mol. The lowest BCUT2D eigenvalue weighted by Gasteiger charge is -2.18. The maximum atomic E-state index is 12.9. The molecule has 0 aromatic heterocycles. The number of anilines is 1. The summed E-state index contributed by atoms with van der Waals surface area (Å²) in [5, 5.41) is 0.448. The Morgan fingerprint density at radius 2 is 1.88 bits per heavy atom. The van der Waals surface area contributed by atoms with Crippen LogP contribution < -0.4 is 15.8 Å². The molecule has 1 fully saturated rings. The number of imide groups is 1. The van der Waals surface area contributed by atoms with Crippen LogP contribution in [0.25, 0.3) is 0 Å². The molecule has 1 saturated heterocycles. The van der Waals surface area contributed by atoms with Gasteiger partial charge in [-0.15, -0.1) is 0 Å². The maximum absolute atomic E-state index is 12.9. The van der Waals surface area contributed by atoms with Crippen molar-refractivity contribution in [3.05, 3.63) is 64.4 Å². The first-order valence-corrected chi connectivity index (χ1v) is 8.19. The monoisotopic (exact) mass is 375 g/mol. The number of hydrazine groups is 1. The lowest BCUT2D eigenvalue weighted by molar-refractivity contribution is -0.121. The molecule has 1 aliphatic heterocycles. The molecule has 0 spiro atoms. The van der Waals surface area contributed by atoms with E-state index in [0.717, 1.165) is 17.0 Å². The summed E-state index contributed by atoms with van der Waals surface area (Å²) in [4.78, 5) is 37.9. The van der Waals surface area contributed by atoms with Crippen LogP contribution in [0.3, 0.4) is 0 Å². The second-order valence-electron chi connectivity index (χ2n) is 5.81. The average molecular weight is 376 g/mol. The smallest absolute Gasteiger partial charge is 0.265 e. The number of carbonyl (C=O) groups is 3. The van der Waals surface area contributed by atoms with Gasteiger partial charge in [-0.25, -0.2) is 14.7 Å². The van der Waals surface area contributed by atoms with Crippen molar-refractivity contribution in [3.8, 4) is 0 Å². The molecule has 134 valence electrons. The van der Waals surface area contributed by atoms with Crippen LogP contribution >= 0.6 is 11.6 Å². The third kappa shape index (κ3) is 3.44. The van der Waals surface area contributed by atoms with E-state index in [4.69, 9.17) is 11.6 Å². The van der Waals surface area contributed by atoms with Crippen LogP contribution in [0.5, 0.6) is 0 Å². The maximum Gasteiger partial charge on any atom is 0.265 e. The molecule has 2 aromatic rings. The number of benzene rings is 2. The molecule has 1 atom stereocenters. The van der Waals surface area contributed by atoms with E-state index < -0.39 is 29.6 Å². The number of halogens is 2. The predicted octanol–water partition coefficient (Wildman–Crippen LogP) is 2.35. The second kappa shape index (κ2) is 7.23. The molecule has 1 heterocycles. The highest BCUT2D eigenvalue weighted by molar-refractivity contribution is 6.32. The first-order chi connectivity index (χ1) is 12.4. The number of hydrogen-bond donors (Lipinski definition) is 2. The fourth-order valence-corrected chi connectivity index (χ4v) is 2.83. The van der Waals surface area contributed by atoms with Crippen LogP contribution in [-0.4, -0.2) is 23.8 Å². The van der Waals surface area contributed by atoms with Gasteiger partial charge in [-0.2, -0.15) is 0 Å². The lowest BCUT2D eigenvalue weighted by atomic mass is 10.2. The fraction of sp³-hybridized carbons (Fsp3) is 0.167. The van der Waals surface area contributed by atoms with Crippen LogP contribution in [-0.2, 0) is 9.59 Å². The number of rotatable bonds is 4. The highest BCUT2D eigenvalue weighted by atomic mass is 35.5. The Kier molecular flexibility index (Phi) is 5.01. The zero-order chi connectivity index (χ0) is 18.8. The minimum atomic E-state index is -0.898. The molecular formula is C18H15ClFN3O3. The molecule has 8 heteroatoms. The Balaban J connectivity index is 1.70. The van der Waals surface area contributed by atoms with Gasteiger partial charge >= 0.3 is 0 Å². The number of nitrogens with one attached hydrogen (secondary N) is 2. The van der Waals surface area contributed by atoms with Gasteiger partial charge in [-0.3, -0.25) is 19.8 Å². The van der Waals surface area contributed by atoms with E-state index in [2.05, 4.69) is 10.9 Å². The fourth-order valence-electron chi connectivity index (χ4n) is 2.66. The Morgan fingerprint density at radius 3 is 2.58 bits per heavy atom. The molecule has 6 nitrogen and oxygen atoms in total. The van der Waals surface area contributed by atoms with Crippen molar-refractivity contribution in [1.29, 1.82) is 0 Å². The van der Waals surface area contributed by atoms with E-state index in [1.54, 1.807) is 25.1 Å². The summed E-state index contributed by atoms with van der Waals surface area (Å²) in [5.74, 6) is -1.88. The van der Waals surface area contributed by atoms with E-state index >= 15 is 0 Å². The van der Waals surface area contributed by atoms with Gasteiger partial charge in [-0.1, -0.05) is 17.7 Å². The van der Waals surface area contributed by atoms with Crippen molar-refractivity contribution in [3.63, 3.8) is 0 Å². The molecule has 26 heavy (non-hydrogen) atoms. The first-order valence-electron chi connectivity index (χ1n) is 7.82. The van der Waals surface area contributed by atoms with Crippen molar-refractivity contribution in [2.45, 2.75) is 19.4 Å². The highest BCUT2D eigenvalue weighted by Gasteiger charge is 2.40. The molecule has 1 unspecified atom stereocenters. The Morgan fingerprint density at radius 1 is 1.19 bits per heavy atom. The predicted molar refractivity (Wildman–Crippen MR) is 94.1 cm³/mol. The Bertz CT molecular complexity index is 886. The van der Waals surface area contributed by atoms with Crippen molar-refractivity contribution >= 4 is 35.0 Å². The topological polar surface area (TPSA) is 78.5 Å². The van der Waals surface area contributed by atoms with Crippen LogP contribution in [0.2, 0.25) is 5.02 Å². The number of nitrogens with zero attached hydrogens (tertiary/aromatic N) is 1. The van der Waals surface area contributed by atoms with E-state index in [1.807, 2.05) is 0 Å². The standard InChI is InChI=1S/C18H15ClFN3O3/c1-10-13(19)3-2-4-15(10)23-16(24)9-14(18(23)26)21-22-17(25)11-5-7-12(20)8-6-11/h2-8,14,21H,9H2,1H3,(H,22,25). The van der Waals surface area contributed by atoms with E-state index in [0.29, 0.717) is 16.3 Å². The Hall–Kier alpha value is -2.77. The first kappa shape index (κ1) is 18.0. The van der Waals surface area contributed by atoms with Gasteiger partial charge in [0, 0.05) is 10.6 Å². The molecule has 2 N–H and O–H groups in total. The molecule has 0 aliphatic carbocycles. The van der Waals surface area contributed by atoms with Gasteiger partial charge in [0.2, 0.25) is 5.91 Å². The summed E-state index contributed by atoms with van der Waals surface area (Å²) in [6, 6.07) is 9.00. The zero-order valence-corrected chi connectivity index (χ0v) is 14.5. The summed E-state index contributed by atoms with van der Waals surface area (Å²) >= 11 is 6.06. The number of carbonyl (C=O) groups excluding carboxylic acids is 3. The molecule has 3 amide bonds. The minimum Gasteiger partial charge on any atom is -0.287 e. The van der Waals surface area contributed by atoms with Gasteiger partial charge in [0.1, 0.15) is 11.9 Å². The van der Waals surface area contributed by atoms with Crippen LogP contribution in [0.4, 0.5) is 10.1 Å². The summed E-state index contributed by atoms with van der Waals surface area (Å²) in [7, 11) is 0. The van der Waals surface area contributed by atoms with Gasteiger partial charge in [0.25, 0.3) is 11.8 Å². The molecule has 3 rings (SSSR count). The summed E-state index contributed by atoms with van der Waals surface area (Å²) < 4.78 is 12.9. The molecule has 0 saturated carbocycles. The molecule has 1 aliphatic rings. The average Bonchev–Trinajstić information content (AvgIpc) is 2.90. The third-order valence-electron chi connectivity index (χ3n) is 4.09. The van der Waals surface area contributed by atoms with E-state index in [9.17, 15) is 18.8 Å². The summed E-state index contributed by atoms with van der Waals surface area (Å²) in [6.07, 6.45) is -0.103. The van der Waals surface area contributed by atoms with E-state index in [1.165, 1.54) is 12.1 Å². The van der Waals surface area contributed by atoms with Crippen LogP contribution in [0.15, 0.2) is 42.5 Å². The summed E-state index contributed by atoms with van der Waals surface area (Å²) in [6.45, 7) is 1.72. The van der Waals surface area contributed by atoms with Gasteiger partial charge in [0.15, 0.2) is 0 Å². The third-order valence-corrected chi connectivity index (χ3v) is 4.50. The quantitative estimate of drug-likeness (QED) is 0.635. The van der Waals surface area contributed by atoms with Crippen LogP contribution in [0.1, 0.15) is 22.3 Å². The molecule has 0 bridgehead atoms. The van der Waals surface area contributed by atoms with Gasteiger partial charge in [-0.05, 0) is 48.9 Å². The number of amides is 3. The largest absolute Gasteiger partial charge is 0.287 e. The minimum absolute atomic E-state index is 0.103. The number of hydrogen-bond acceptors (Lipinski definition) is 4. The highest BCUT2D eigenvalue weighted by Crippen LogP contribution is 2.30. The molecule has 0 radical (unpaired) electrons. The normalized spacial score (nSPS) is 16.9.